The number of hydrogen-bond donors (Lipinski definition) is 0. The van der Waals surface area contributed by atoms with Crippen LogP contribution >= 0.6 is 0 Å². The summed E-state index contributed by atoms with van der Waals surface area (Å²) in [6.07, 6.45) is 4.07. The average molecular weight is 261 g/mol. The van der Waals surface area contributed by atoms with Crippen molar-refractivity contribution in [2.75, 3.05) is 0 Å². The molecule has 0 fully saturated rings. The van der Waals surface area contributed by atoms with Crippen LogP contribution in [0.2, 0.25) is 0 Å². The summed E-state index contributed by atoms with van der Waals surface area (Å²) < 4.78 is 5.15. The fourth-order valence-corrected chi connectivity index (χ4v) is 1.73. The van der Waals surface area contributed by atoms with E-state index in [1.165, 1.54) is 12.1 Å². The maximum absolute atomic E-state index is 10.6. The third-order valence-corrected chi connectivity index (χ3v) is 2.80. The Morgan fingerprint density at radius 2 is 2.00 bits per heavy atom. The first-order valence-electron chi connectivity index (χ1n) is 6.28. The maximum Gasteiger partial charge on any atom is 0.269 e. The standard InChI is InChI=1S/C13H15N3O3/c1-2-3-4-5-12-14-13(15-19-12)10-6-8-11(9-7-10)16(17)18/h6-9H,2-5H2,1H3. The van der Waals surface area contributed by atoms with Crippen molar-refractivity contribution in [2.24, 2.45) is 0 Å². The van der Waals surface area contributed by atoms with Gasteiger partial charge in [0.2, 0.25) is 11.7 Å². The molecule has 0 aliphatic rings. The minimum absolute atomic E-state index is 0.0513. The van der Waals surface area contributed by atoms with Gasteiger partial charge in [-0.05, 0) is 18.6 Å². The molecule has 100 valence electrons. The summed E-state index contributed by atoms with van der Waals surface area (Å²) in [6.45, 7) is 2.14. The molecule has 0 spiro atoms. The van der Waals surface area contributed by atoms with Crippen LogP contribution in [0.1, 0.15) is 32.1 Å². The van der Waals surface area contributed by atoms with Crippen LogP contribution in [0, 0.1) is 10.1 Å². The lowest BCUT2D eigenvalue weighted by atomic mass is 10.2. The number of rotatable bonds is 6. The lowest BCUT2D eigenvalue weighted by molar-refractivity contribution is -0.384. The van der Waals surface area contributed by atoms with Gasteiger partial charge >= 0.3 is 0 Å². The summed E-state index contributed by atoms with van der Waals surface area (Å²) in [5.74, 6) is 1.09. The number of benzene rings is 1. The number of nitro benzene ring substituents is 1. The predicted octanol–water partition coefficient (Wildman–Crippen LogP) is 3.38. The van der Waals surface area contributed by atoms with E-state index in [0.29, 0.717) is 11.7 Å². The minimum atomic E-state index is -0.434. The SMILES string of the molecule is CCCCCc1nc(-c2ccc([N+](=O)[O-])cc2)no1. The zero-order valence-electron chi connectivity index (χ0n) is 10.7. The van der Waals surface area contributed by atoms with Crippen molar-refractivity contribution in [2.45, 2.75) is 32.6 Å². The first-order chi connectivity index (χ1) is 9.20. The summed E-state index contributed by atoms with van der Waals surface area (Å²) in [5, 5.41) is 14.4. The van der Waals surface area contributed by atoms with Crippen LogP contribution in [0.25, 0.3) is 11.4 Å². The Morgan fingerprint density at radius 1 is 1.26 bits per heavy atom. The van der Waals surface area contributed by atoms with Crippen molar-refractivity contribution in [1.29, 1.82) is 0 Å². The van der Waals surface area contributed by atoms with Crippen molar-refractivity contribution in [1.82, 2.24) is 10.1 Å². The zero-order valence-corrected chi connectivity index (χ0v) is 10.7. The summed E-state index contributed by atoms with van der Waals surface area (Å²) in [4.78, 5) is 14.4. The zero-order chi connectivity index (χ0) is 13.7. The number of nitro groups is 1. The fraction of sp³-hybridized carbons (Fsp3) is 0.385. The van der Waals surface area contributed by atoms with Crippen LogP contribution in [0.3, 0.4) is 0 Å². The molecule has 0 unspecified atom stereocenters. The highest BCUT2D eigenvalue weighted by Crippen LogP contribution is 2.20. The third-order valence-electron chi connectivity index (χ3n) is 2.80. The van der Waals surface area contributed by atoms with Crippen molar-refractivity contribution in [3.8, 4) is 11.4 Å². The van der Waals surface area contributed by atoms with Crippen molar-refractivity contribution >= 4 is 5.69 Å². The highest BCUT2D eigenvalue weighted by atomic mass is 16.6. The van der Waals surface area contributed by atoms with Crippen LogP contribution in [0.15, 0.2) is 28.8 Å². The number of nitrogens with zero attached hydrogens (tertiary/aromatic N) is 3. The van der Waals surface area contributed by atoms with E-state index in [9.17, 15) is 10.1 Å². The highest BCUT2D eigenvalue weighted by Gasteiger charge is 2.10. The van der Waals surface area contributed by atoms with Crippen LogP contribution in [-0.2, 0) is 6.42 Å². The number of aryl methyl sites for hydroxylation is 1. The molecule has 0 saturated carbocycles. The van der Waals surface area contributed by atoms with Gasteiger partial charge in [-0.1, -0.05) is 24.9 Å². The number of hydrogen-bond acceptors (Lipinski definition) is 5. The fourth-order valence-electron chi connectivity index (χ4n) is 1.73. The number of non-ortho nitro benzene ring substituents is 1. The molecule has 19 heavy (non-hydrogen) atoms. The molecule has 1 heterocycles. The van der Waals surface area contributed by atoms with Gasteiger partial charge in [-0.2, -0.15) is 4.98 Å². The molecular weight excluding hydrogens is 246 g/mol. The van der Waals surface area contributed by atoms with Crippen LogP contribution in [0.5, 0.6) is 0 Å². The third kappa shape index (κ3) is 3.37. The molecule has 6 nitrogen and oxygen atoms in total. The lowest BCUT2D eigenvalue weighted by Gasteiger charge is -1.94. The predicted molar refractivity (Wildman–Crippen MR) is 69.6 cm³/mol. The van der Waals surface area contributed by atoms with Gasteiger partial charge in [0.15, 0.2) is 0 Å². The van der Waals surface area contributed by atoms with Crippen LogP contribution in [-0.4, -0.2) is 15.1 Å². The molecule has 2 rings (SSSR count). The minimum Gasteiger partial charge on any atom is -0.339 e. The average Bonchev–Trinajstić information content (AvgIpc) is 2.88. The van der Waals surface area contributed by atoms with E-state index >= 15 is 0 Å². The second-order valence-electron chi connectivity index (χ2n) is 4.27. The molecule has 0 amide bonds. The van der Waals surface area contributed by atoms with Gasteiger partial charge in [-0.15, -0.1) is 0 Å². The molecular formula is C13H15N3O3. The molecule has 0 bridgehead atoms. The van der Waals surface area contributed by atoms with E-state index in [2.05, 4.69) is 17.1 Å². The Hall–Kier alpha value is -2.24. The van der Waals surface area contributed by atoms with Crippen molar-refractivity contribution in [3.05, 3.63) is 40.3 Å². The Morgan fingerprint density at radius 3 is 2.63 bits per heavy atom. The summed E-state index contributed by atoms with van der Waals surface area (Å²) in [5.41, 5.74) is 0.770. The Kier molecular flexibility index (Phi) is 4.22. The number of aromatic nitrogens is 2. The van der Waals surface area contributed by atoms with Crippen LogP contribution < -0.4 is 0 Å². The molecule has 6 heteroatoms. The van der Waals surface area contributed by atoms with Gasteiger partial charge in [-0.25, -0.2) is 0 Å². The summed E-state index contributed by atoms with van der Waals surface area (Å²) in [6, 6.07) is 6.11. The Balaban J connectivity index is 2.07. The van der Waals surface area contributed by atoms with Crippen molar-refractivity contribution < 1.29 is 9.45 Å². The van der Waals surface area contributed by atoms with Gasteiger partial charge in [0.1, 0.15) is 0 Å². The first-order valence-corrected chi connectivity index (χ1v) is 6.28. The van der Waals surface area contributed by atoms with Crippen LogP contribution in [0.4, 0.5) is 5.69 Å². The molecule has 1 aromatic carbocycles. The Bertz CT molecular complexity index is 549. The normalized spacial score (nSPS) is 10.6. The molecule has 0 N–H and O–H groups in total. The molecule has 0 saturated heterocycles. The first kappa shape index (κ1) is 13.2. The second kappa shape index (κ2) is 6.08. The Labute approximate surface area is 110 Å². The summed E-state index contributed by atoms with van der Waals surface area (Å²) >= 11 is 0. The van der Waals surface area contributed by atoms with E-state index in [1.807, 2.05) is 0 Å². The lowest BCUT2D eigenvalue weighted by Crippen LogP contribution is -1.88. The van der Waals surface area contributed by atoms with E-state index in [4.69, 9.17) is 4.52 Å². The largest absolute Gasteiger partial charge is 0.339 e. The molecule has 0 radical (unpaired) electrons. The highest BCUT2D eigenvalue weighted by molar-refractivity contribution is 5.56. The van der Waals surface area contributed by atoms with Gasteiger partial charge in [0, 0.05) is 24.1 Å². The van der Waals surface area contributed by atoms with E-state index in [0.717, 1.165) is 31.2 Å². The van der Waals surface area contributed by atoms with Gasteiger partial charge in [0.25, 0.3) is 5.69 Å². The molecule has 0 atom stereocenters. The van der Waals surface area contributed by atoms with Gasteiger partial charge in [0.05, 0.1) is 4.92 Å². The van der Waals surface area contributed by atoms with Gasteiger partial charge < -0.3 is 4.52 Å². The monoisotopic (exact) mass is 261 g/mol. The van der Waals surface area contributed by atoms with E-state index in [-0.39, 0.29) is 5.69 Å². The molecule has 1 aromatic heterocycles. The molecule has 0 aliphatic carbocycles. The second-order valence-corrected chi connectivity index (χ2v) is 4.27. The smallest absolute Gasteiger partial charge is 0.269 e. The summed E-state index contributed by atoms with van der Waals surface area (Å²) in [7, 11) is 0. The molecule has 2 aromatic rings. The van der Waals surface area contributed by atoms with Gasteiger partial charge in [-0.3, -0.25) is 10.1 Å². The molecule has 0 aliphatic heterocycles. The topological polar surface area (TPSA) is 82.1 Å². The van der Waals surface area contributed by atoms with Crippen molar-refractivity contribution in [3.63, 3.8) is 0 Å². The quantitative estimate of drug-likeness (QED) is 0.452. The maximum atomic E-state index is 10.6. The number of unbranched alkanes of at least 4 members (excludes halogenated alkanes) is 2. The van der Waals surface area contributed by atoms with E-state index < -0.39 is 4.92 Å². The van der Waals surface area contributed by atoms with E-state index in [1.54, 1.807) is 12.1 Å².